The number of hydrogen-bond acceptors (Lipinski definition) is 4. The lowest BCUT2D eigenvalue weighted by atomic mass is 9.67. The van der Waals surface area contributed by atoms with Crippen molar-refractivity contribution in [1.82, 2.24) is 0 Å². The maximum atomic E-state index is 7.33. The van der Waals surface area contributed by atoms with Gasteiger partial charge in [-0.2, -0.15) is 0 Å². The van der Waals surface area contributed by atoms with Crippen molar-refractivity contribution < 1.29 is 8.83 Å². The predicted molar refractivity (Wildman–Crippen MR) is 364 cm³/mol. The maximum absolute atomic E-state index is 7.33. The summed E-state index contributed by atoms with van der Waals surface area (Å²) < 4.78 is 14.6. The molecule has 1 aliphatic rings. The molecule has 87 heavy (non-hydrogen) atoms. The van der Waals surface area contributed by atoms with Gasteiger partial charge in [-0.15, -0.1) is 0 Å². The van der Waals surface area contributed by atoms with Gasteiger partial charge in [-0.1, -0.05) is 264 Å². The van der Waals surface area contributed by atoms with Gasteiger partial charge >= 0.3 is 0 Å². The average Bonchev–Trinajstić information content (AvgIpc) is 1.56. The van der Waals surface area contributed by atoms with E-state index in [9.17, 15) is 0 Å². The zero-order valence-electron chi connectivity index (χ0n) is 49.1. The Hall–Kier alpha value is -10.7. The summed E-state index contributed by atoms with van der Waals surface area (Å²) in [5.74, 6) is 0.728. The van der Waals surface area contributed by atoms with Gasteiger partial charge in [-0.25, -0.2) is 0 Å². The van der Waals surface area contributed by atoms with Gasteiger partial charge in [0.25, 0.3) is 0 Å². The second-order valence-electron chi connectivity index (χ2n) is 23.8. The molecule has 1 aliphatic carbocycles. The van der Waals surface area contributed by atoms with Crippen molar-refractivity contribution in [1.29, 1.82) is 0 Å². The van der Waals surface area contributed by atoms with Gasteiger partial charge in [0.1, 0.15) is 11.2 Å². The lowest BCUT2D eigenvalue weighted by Gasteiger charge is -2.36. The summed E-state index contributed by atoms with van der Waals surface area (Å²) in [6.45, 7) is 9.04. The molecule has 13 aromatic carbocycles. The van der Waals surface area contributed by atoms with Gasteiger partial charge in [0.15, 0.2) is 11.2 Å². The number of fused-ring (bicyclic) bond motifs is 11. The third-order valence-electron chi connectivity index (χ3n) is 18.3. The quantitative estimate of drug-likeness (QED) is 0.122. The van der Waals surface area contributed by atoms with Crippen LogP contribution in [0, 0.1) is 0 Å². The minimum atomic E-state index is -0.811. The summed E-state index contributed by atoms with van der Waals surface area (Å²) in [5, 5.41) is 6.60. The summed E-state index contributed by atoms with van der Waals surface area (Å²) in [4.78, 5) is 4.89. The SMILES string of the molecule is CC(C)c1ccc(N(c2ccc3c(c2)C(c2ccccc2)(c2ccccc2)c2cc(N(c4ccc(C(C)C)cc4)c4cccc5c4oc4c(-c6ccccc6)cccc45)c4ccccc4c2-3)c2cccc3c2oc2c(-c4ccccc4)cccc23)cc1. The lowest BCUT2D eigenvalue weighted by Crippen LogP contribution is -2.29. The molecule has 4 heteroatoms. The van der Waals surface area contributed by atoms with Crippen LogP contribution in [0.4, 0.5) is 34.1 Å². The molecule has 2 aromatic heterocycles. The van der Waals surface area contributed by atoms with Crippen LogP contribution in [-0.2, 0) is 5.41 Å². The van der Waals surface area contributed by atoms with E-state index in [2.05, 4.69) is 329 Å². The van der Waals surface area contributed by atoms with Crippen molar-refractivity contribution in [2.45, 2.75) is 44.9 Å². The zero-order valence-corrected chi connectivity index (χ0v) is 49.1. The first-order chi connectivity index (χ1) is 42.8. The molecule has 15 aromatic rings. The smallest absolute Gasteiger partial charge is 0.159 e. The highest BCUT2D eigenvalue weighted by atomic mass is 16.3. The molecule has 0 fully saturated rings. The molecular weight excluding hydrogens is 1060 g/mol. The van der Waals surface area contributed by atoms with Gasteiger partial charge in [-0.05, 0) is 127 Å². The third kappa shape index (κ3) is 8.27. The molecule has 4 nitrogen and oxygen atoms in total. The van der Waals surface area contributed by atoms with Crippen LogP contribution in [0.3, 0.4) is 0 Å². The minimum absolute atomic E-state index is 0.360. The average molecular weight is 1120 g/mol. The van der Waals surface area contributed by atoms with Crippen LogP contribution in [-0.4, -0.2) is 0 Å². The normalized spacial score (nSPS) is 12.7. The van der Waals surface area contributed by atoms with E-state index in [0.717, 1.165) is 106 Å². The lowest BCUT2D eigenvalue weighted by molar-refractivity contribution is 0.670. The molecule has 0 radical (unpaired) electrons. The Balaban J connectivity index is 0.979. The topological polar surface area (TPSA) is 32.8 Å². The van der Waals surface area contributed by atoms with Crippen LogP contribution in [0.15, 0.2) is 300 Å². The first kappa shape index (κ1) is 51.9. The van der Waals surface area contributed by atoms with Crippen molar-refractivity contribution in [3.05, 3.63) is 325 Å². The van der Waals surface area contributed by atoms with Crippen LogP contribution in [0.2, 0.25) is 0 Å². The third-order valence-corrected chi connectivity index (χ3v) is 18.3. The fourth-order valence-corrected chi connectivity index (χ4v) is 14.1. The summed E-state index contributed by atoms with van der Waals surface area (Å²) in [6.07, 6.45) is 0. The summed E-state index contributed by atoms with van der Waals surface area (Å²) in [6, 6.07) is 107. The highest BCUT2D eigenvalue weighted by Gasteiger charge is 2.48. The van der Waals surface area contributed by atoms with E-state index in [0.29, 0.717) is 11.8 Å². The van der Waals surface area contributed by atoms with E-state index < -0.39 is 5.41 Å². The van der Waals surface area contributed by atoms with Crippen molar-refractivity contribution in [3.8, 4) is 33.4 Å². The van der Waals surface area contributed by atoms with E-state index in [1.165, 1.54) is 49.9 Å². The number of para-hydroxylation sites is 4. The van der Waals surface area contributed by atoms with Crippen LogP contribution >= 0.6 is 0 Å². The summed E-state index contributed by atoms with van der Waals surface area (Å²) in [7, 11) is 0. The van der Waals surface area contributed by atoms with Gasteiger partial charge in [0.2, 0.25) is 0 Å². The van der Waals surface area contributed by atoms with Crippen molar-refractivity contribution >= 4 is 88.8 Å². The first-order valence-electron chi connectivity index (χ1n) is 30.4. The van der Waals surface area contributed by atoms with Crippen molar-refractivity contribution in [2.75, 3.05) is 9.80 Å². The second-order valence-corrected chi connectivity index (χ2v) is 23.8. The number of rotatable bonds is 12. The highest BCUT2D eigenvalue weighted by Crippen LogP contribution is 2.61. The van der Waals surface area contributed by atoms with Crippen LogP contribution in [0.1, 0.15) is 72.9 Å². The molecule has 2 heterocycles. The summed E-state index contributed by atoms with van der Waals surface area (Å²) in [5.41, 5.74) is 22.8. The Morgan fingerprint density at radius 1 is 0.287 bits per heavy atom. The number of nitrogens with zero attached hydrogens (tertiary/aromatic N) is 2. The molecule has 0 aliphatic heterocycles. The molecule has 0 atom stereocenters. The molecule has 0 saturated carbocycles. The molecule has 0 bridgehead atoms. The Morgan fingerprint density at radius 3 is 1.18 bits per heavy atom. The maximum Gasteiger partial charge on any atom is 0.159 e. The molecule has 0 unspecified atom stereocenters. The molecule has 0 N–H and O–H groups in total. The Morgan fingerprint density at radius 2 is 0.690 bits per heavy atom. The van der Waals surface area contributed by atoms with Gasteiger partial charge < -0.3 is 18.6 Å². The molecule has 0 spiro atoms. The van der Waals surface area contributed by atoms with Gasteiger partial charge in [0.05, 0.1) is 22.5 Å². The van der Waals surface area contributed by atoms with E-state index in [4.69, 9.17) is 8.83 Å². The predicted octanol–water partition coefficient (Wildman–Crippen LogP) is 23.5. The van der Waals surface area contributed by atoms with Crippen molar-refractivity contribution in [3.63, 3.8) is 0 Å². The first-order valence-corrected chi connectivity index (χ1v) is 30.4. The molecular formula is C83H62N2O2. The monoisotopic (exact) mass is 1120 g/mol. The Bertz CT molecular complexity index is 5040. The Kier molecular flexibility index (Phi) is 12.4. The highest BCUT2D eigenvalue weighted by molar-refractivity contribution is 6.17. The zero-order chi connectivity index (χ0) is 58.3. The van der Waals surface area contributed by atoms with Crippen LogP contribution in [0.5, 0.6) is 0 Å². The molecule has 416 valence electrons. The fraction of sp³-hybridized carbons (Fsp3) is 0.0843. The van der Waals surface area contributed by atoms with Gasteiger partial charge in [0, 0.05) is 55.1 Å². The van der Waals surface area contributed by atoms with Crippen molar-refractivity contribution in [2.24, 2.45) is 0 Å². The molecule has 0 saturated heterocycles. The summed E-state index contributed by atoms with van der Waals surface area (Å²) >= 11 is 0. The number of hydrogen-bond donors (Lipinski definition) is 0. The standard InChI is InChI=1S/C83H62N2O2/c1-53(2)55-41-45-61(46-42-55)84(75-39-21-37-70-68-35-19-33-64(79(68)86-81(70)75)57-23-9-5-10-24-57)63-49-50-72-73(51-63)83(59-27-13-7-14-28-59,60-29-15-8-16-30-60)74-52-77(66-31-17-18-32-67(66)78(72)74)85(62-47-43-56(44-48-62)54(3)4)76-40-22-38-71-69-36-20-34-65(80(69)87-82(71)76)58-25-11-6-12-26-58/h5-54H,1-4H3. The number of anilines is 6. The minimum Gasteiger partial charge on any atom is -0.453 e. The number of benzene rings is 13. The van der Waals surface area contributed by atoms with Crippen LogP contribution < -0.4 is 9.80 Å². The van der Waals surface area contributed by atoms with E-state index in [1.807, 2.05) is 0 Å². The number of furan rings is 2. The Labute approximate surface area is 507 Å². The molecule has 16 rings (SSSR count). The van der Waals surface area contributed by atoms with E-state index in [-0.39, 0.29) is 0 Å². The van der Waals surface area contributed by atoms with E-state index >= 15 is 0 Å². The van der Waals surface area contributed by atoms with Crippen LogP contribution in [0.25, 0.3) is 88.0 Å². The fourth-order valence-electron chi connectivity index (χ4n) is 14.1. The van der Waals surface area contributed by atoms with Gasteiger partial charge in [-0.3, -0.25) is 0 Å². The largest absolute Gasteiger partial charge is 0.453 e. The second kappa shape index (κ2) is 20.8. The van der Waals surface area contributed by atoms with E-state index in [1.54, 1.807) is 0 Å². The molecule has 0 amide bonds.